The van der Waals surface area contributed by atoms with E-state index in [1.54, 1.807) is 36.2 Å². The van der Waals surface area contributed by atoms with Crippen LogP contribution < -0.4 is 4.90 Å². The van der Waals surface area contributed by atoms with Gasteiger partial charge in [-0.3, -0.25) is 4.79 Å². The lowest BCUT2D eigenvalue weighted by atomic mass is 10.2. The number of carbonyl (C=O) groups is 1. The standard InChI is InChI=1S/C18H20F2N2O/c1-3-22(17-10-8-16(20)9-11-17)13-18(23)21(2)12-14-4-6-15(19)7-5-14/h4-11H,3,12-13H2,1-2H3. The first-order valence-electron chi connectivity index (χ1n) is 7.48. The summed E-state index contributed by atoms with van der Waals surface area (Å²) < 4.78 is 25.9. The summed E-state index contributed by atoms with van der Waals surface area (Å²) in [6.07, 6.45) is 0. The highest BCUT2D eigenvalue weighted by molar-refractivity contribution is 5.81. The Balaban J connectivity index is 1.98. The van der Waals surface area contributed by atoms with Crippen molar-refractivity contribution in [3.63, 3.8) is 0 Å². The van der Waals surface area contributed by atoms with E-state index in [-0.39, 0.29) is 24.1 Å². The molecule has 2 aromatic carbocycles. The van der Waals surface area contributed by atoms with Crippen molar-refractivity contribution in [2.45, 2.75) is 13.5 Å². The minimum atomic E-state index is -0.301. The number of halogens is 2. The van der Waals surface area contributed by atoms with Crippen LogP contribution in [0.1, 0.15) is 12.5 Å². The lowest BCUT2D eigenvalue weighted by Gasteiger charge is -2.26. The second kappa shape index (κ2) is 7.72. The van der Waals surface area contributed by atoms with Gasteiger partial charge < -0.3 is 9.80 Å². The van der Waals surface area contributed by atoms with Gasteiger partial charge in [0.15, 0.2) is 0 Å². The molecule has 0 radical (unpaired) electrons. The summed E-state index contributed by atoms with van der Waals surface area (Å²) in [5.41, 5.74) is 1.67. The Morgan fingerprint density at radius 1 is 0.957 bits per heavy atom. The van der Waals surface area contributed by atoms with Gasteiger partial charge in [-0.15, -0.1) is 0 Å². The Kier molecular flexibility index (Phi) is 5.68. The molecule has 2 aromatic rings. The molecule has 0 saturated heterocycles. The van der Waals surface area contributed by atoms with Crippen molar-refractivity contribution in [3.05, 3.63) is 65.7 Å². The normalized spacial score (nSPS) is 10.4. The molecule has 0 aliphatic heterocycles. The van der Waals surface area contributed by atoms with Crippen molar-refractivity contribution in [1.82, 2.24) is 4.90 Å². The van der Waals surface area contributed by atoms with Gasteiger partial charge in [0.25, 0.3) is 0 Å². The van der Waals surface area contributed by atoms with E-state index in [1.807, 2.05) is 11.8 Å². The predicted molar refractivity (Wildman–Crippen MR) is 87.2 cm³/mol. The van der Waals surface area contributed by atoms with Crippen molar-refractivity contribution >= 4 is 11.6 Å². The van der Waals surface area contributed by atoms with Crippen LogP contribution in [0.5, 0.6) is 0 Å². The first-order valence-corrected chi connectivity index (χ1v) is 7.48. The van der Waals surface area contributed by atoms with Gasteiger partial charge in [0.05, 0.1) is 6.54 Å². The molecule has 0 unspecified atom stereocenters. The summed E-state index contributed by atoms with van der Waals surface area (Å²) in [4.78, 5) is 15.8. The third-order valence-electron chi connectivity index (χ3n) is 3.66. The van der Waals surface area contributed by atoms with Crippen LogP contribution in [0.2, 0.25) is 0 Å². The smallest absolute Gasteiger partial charge is 0.242 e. The summed E-state index contributed by atoms with van der Waals surface area (Å²) in [6.45, 7) is 3.21. The second-order valence-corrected chi connectivity index (χ2v) is 5.37. The molecule has 23 heavy (non-hydrogen) atoms. The lowest BCUT2D eigenvalue weighted by molar-refractivity contribution is -0.128. The molecule has 0 aliphatic carbocycles. The number of nitrogens with zero attached hydrogens (tertiary/aromatic N) is 2. The molecular formula is C18H20F2N2O. The summed E-state index contributed by atoms with van der Waals surface area (Å²) in [7, 11) is 1.71. The maximum Gasteiger partial charge on any atom is 0.242 e. The summed E-state index contributed by atoms with van der Waals surface area (Å²) >= 11 is 0. The Labute approximate surface area is 135 Å². The molecular weight excluding hydrogens is 298 g/mol. The van der Waals surface area contributed by atoms with Crippen molar-refractivity contribution in [2.75, 3.05) is 25.0 Å². The predicted octanol–water partition coefficient (Wildman–Crippen LogP) is 3.45. The number of benzene rings is 2. The average Bonchev–Trinajstić information content (AvgIpc) is 2.55. The van der Waals surface area contributed by atoms with Gasteiger partial charge >= 0.3 is 0 Å². The van der Waals surface area contributed by atoms with E-state index in [2.05, 4.69) is 0 Å². The van der Waals surface area contributed by atoms with Gasteiger partial charge in [-0.05, 0) is 48.9 Å². The number of rotatable bonds is 6. The van der Waals surface area contributed by atoms with Crippen LogP contribution in [0, 0.1) is 11.6 Å². The zero-order chi connectivity index (χ0) is 16.8. The Bertz CT molecular complexity index is 641. The molecule has 0 aromatic heterocycles. The number of anilines is 1. The fourth-order valence-electron chi connectivity index (χ4n) is 2.27. The van der Waals surface area contributed by atoms with Crippen LogP contribution in [-0.2, 0) is 11.3 Å². The molecule has 0 spiro atoms. The van der Waals surface area contributed by atoms with Gasteiger partial charge in [-0.2, -0.15) is 0 Å². The van der Waals surface area contributed by atoms with Crippen LogP contribution in [0.15, 0.2) is 48.5 Å². The molecule has 0 saturated carbocycles. The topological polar surface area (TPSA) is 23.6 Å². The zero-order valence-corrected chi connectivity index (χ0v) is 13.3. The van der Waals surface area contributed by atoms with E-state index in [9.17, 15) is 13.6 Å². The van der Waals surface area contributed by atoms with E-state index < -0.39 is 0 Å². The molecule has 0 atom stereocenters. The largest absolute Gasteiger partial charge is 0.362 e. The maximum absolute atomic E-state index is 13.0. The van der Waals surface area contributed by atoms with Gasteiger partial charge in [0.1, 0.15) is 11.6 Å². The third kappa shape index (κ3) is 4.77. The maximum atomic E-state index is 13.0. The number of carbonyl (C=O) groups excluding carboxylic acids is 1. The number of likely N-dealkylation sites (N-methyl/N-ethyl adjacent to an activating group) is 2. The molecule has 0 N–H and O–H groups in total. The second-order valence-electron chi connectivity index (χ2n) is 5.37. The number of hydrogen-bond acceptors (Lipinski definition) is 2. The van der Waals surface area contributed by atoms with Crippen LogP contribution in [0.3, 0.4) is 0 Å². The molecule has 0 aliphatic rings. The van der Waals surface area contributed by atoms with Crippen LogP contribution >= 0.6 is 0 Å². The first kappa shape index (κ1) is 16.9. The van der Waals surface area contributed by atoms with E-state index in [0.29, 0.717) is 13.1 Å². The Hall–Kier alpha value is -2.43. The van der Waals surface area contributed by atoms with Crippen molar-refractivity contribution < 1.29 is 13.6 Å². The van der Waals surface area contributed by atoms with Crippen LogP contribution in [-0.4, -0.2) is 30.9 Å². The third-order valence-corrected chi connectivity index (χ3v) is 3.66. The van der Waals surface area contributed by atoms with E-state index in [4.69, 9.17) is 0 Å². The highest BCUT2D eigenvalue weighted by Gasteiger charge is 2.14. The Morgan fingerprint density at radius 2 is 1.48 bits per heavy atom. The fourth-order valence-corrected chi connectivity index (χ4v) is 2.27. The van der Waals surface area contributed by atoms with E-state index in [1.165, 1.54) is 24.3 Å². The molecule has 1 amide bonds. The molecule has 0 bridgehead atoms. The first-order chi connectivity index (χ1) is 11.0. The van der Waals surface area contributed by atoms with Gasteiger partial charge in [0.2, 0.25) is 5.91 Å². The highest BCUT2D eigenvalue weighted by atomic mass is 19.1. The number of hydrogen-bond donors (Lipinski definition) is 0. The van der Waals surface area contributed by atoms with Gasteiger partial charge in [0, 0.05) is 25.8 Å². The Morgan fingerprint density at radius 3 is 2.00 bits per heavy atom. The van der Waals surface area contributed by atoms with E-state index >= 15 is 0 Å². The quantitative estimate of drug-likeness (QED) is 0.814. The van der Waals surface area contributed by atoms with Crippen molar-refractivity contribution in [1.29, 1.82) is 0 Å². The monoisotopic (exact) mass is 318 g/mol. The van der Waals surface area contributed by atoms with Gasteiger partial charge in [-0.1, -0.05) is 12.1 Å². The molecule has 2 rings (SSSR count). The summed E-state index contributed by atoms with van der Waals surface area (Å²) in [6, 6.07) is 12.2. The molecule has 0 fully saturated rings. The van der Waals surface area contributed by atoms with Gasteiger partial charge in [-0.25, -0.2) is 8.78 Å². The molecule has 0 heterocycles. The van der Waals surface area contributed by atoms with Crippen molar-refractivity contribution in [2.24, 2.45) is 0 Å². The highest BCUT2D eigenvalue weighted by Crippen LogP contribution is 2.15. The minimum absolute atomic E-state index is 0.0551. The number of amides is 1. The summed E-state index contributed by atoms with van der Waals surface area (Å²) in [5.74, 6) is -0.652. The lowest BCUT2D eigenvalue weighted by Crippen LogP contribution is -2.38. The summed E-state index contributed by atoms with van der Waals surface area (Å²) in [5, 5.41) is 0. The molecule has 5 heteroatoms. The molecule has 3 nitrogen and oxygen atoms in total. The SMILES string of the molecule is CCN(CC(=O)N(C)Cc1ccc(F)cc1)c1ccc(F)cc1. The van der Waals surface area contributed by atoms with Crippen molar-refractivity contribution in [3.8, 4) is 0 Å². The zero-order valence-electron chi connectivity index (χ0n) is 13.3. The van der Waals surface area contributed by atoms with E-state index in [0.717, 1.165) is 11.3 Å². The minimum Gasteiger partial charge on any atom is -0.362 e. The van der Waals surface area contributed by atoms with Crippen LogP contribution in [0.4, 0.5) is 14.5 Å². The van der Waals surface area contributed by atoms with Crippen LogP contribution in [0.25, 0.3) is 0 Å². The average molecular weight is 318 g/mol. The fraction of sp³-hybridized carbons (Fsp3) is 0.278. The molecule has 122 valence electrons.